The summed E-state index contributed by atoms with van der Waals surface area (Å²) >= 11 is 1.77. The number of likely N-dealkylation sites (N-methyl/N-ethyl adjacent to an activating group) is 1. The molecule has 1 N–H and O–H groups in total. The van der Waals surface area contributed by atoms with Gasteiger partial charge in [0.25, 0.3) is 0 Å². The van der Waals surface area contributed by atoms with Crippen molar-refractivity contribution in [2.75, 3.05) is 13.1 Å². The van der Waals surface area contributed by atoms with Crippen molar-refractivity contribution in [2.45, 2.75) is 25.7 Å². The first kappa shape index (κ1) is 11.8. The Bertz CT molecular complexity index is 535. The maximum absolute atomic E-state index is 4.36. The molecule has 0 saturated carbocycles. The van der Waals surface area contributed by atoms with Crippen LogP contribution in [0, 0.1) is 0 Å². The zero-order chi connectivity index (χ0) is 12.4. The van der Waals surface area contributed by atoms with Gasteiger partial charge in [-0.05, 0) is 24.1 Å². The fourth-order valence-corrected chi connectivity index (χ4v) is 3.32. The van der Waals surface area contributed by atoms with Crippen LogP contribution < -0.4 is 5.32 Å². The quantitative estimate of drug-likeness (QED) is 0.838. The molecule has 0 amide bonds. The lowest BCUT2D eigenvalue weighted by Crippen LogP contribution is -2.17. The second-order valence-corrected chi connectivity index (χ2v) is 5.69. The summed E-state index contributed by atoms with van der Waals surface area (Å²) in [7, 11) is 0. The van der Waals surface area contributed by atoms with Gasteiger partial charge in [0, 0.05) is 18.9 Å². The van der Waals surface area contributed by atoms with Crippen molar-refractivity contribution in [3.8, 4) is 0 Å². The Morgan fingerprint density at radius 3 is 3.06 bits per heavy atom. The Morgan fingerprint density at radius 2 is 2.22 bits per heavy atom. The van der Waals surface area contributed by atoms with E-state index in [4.69, 9.17) is 0 Å². The molecule has 0 aliphatic heterocycles. The van der Waals surface area contributed by atoms with Crippen LogP contribution in [0.2, 0.25) is 0 Å². The summed E-state index contributed by atoms with van der Waals surface area (Å²) in [6.45, 7) is 4.13. The normalized spacial score (nSPS) is 17.3. The predicted octanol–water partition coefficient (Wildman–Crippen LogP) is 2.38. The van der Waals surface area contributed by atoms with Gasteiger partial charge in [-0.15, -0.1) is 21.5 Å². The number of fused-ring (bicyclic) bond motifs is 1. The molecular weight excluding hydrogens is 242 g/mol. The van der Waals surface area contributed by atoms with E-state index in [0.29, 0.717) is 5.92 Å². The third-order valence-electron chi connectivity index (χ3n) is 3.40. The topological polar surface area (TPSA) is 37.8 Å². The Kier molecular flexibility index (Phi) is 3.39. The molecule has 1 aromatic heterocycles. The van der Waals surface area contributed by atoms with Crippen LogP contribution in [0.4, 0.5) is 0 Å². The molecule has 3 nitrogen and oxygen atoms in total. The minimum atomic E-state index is 0.492. The third-order valence-corrected chi connectivity index (χ3v) is 4.50. The standard InChI is InChI=1S/C14H17N3S/c1-2-15-8-7-13-16-17-14(18-13)12-9-10-5-3-4-6-11(10)12/h3-6,12,15H,2,7-9H2,1H3. The van der Waals surface area contributed by atoms with Crippen LogP contribution in [0.15, 0.2) is 24.3 Å². The highest BCUT2D eigenvalue weighted by Crippen LogP contribution is 2.40. The summed E-state index contributed by atoms with van der Waals surface area (Å²) in [6.07, 6.45) is 2.11. The Balaban J connectivity index is 1.68. The van der Waals surface area contributed by atoms with Crippen molar-refractivity contribution in [3.05, 3.63) is 45.4 Å². The molecule has 0 fully saturated rings. The lowest BCUT2D eigenvalue weighted by Gasteiger charge is -2.27. The summed E-state index contributed by atoms with van der Waals surface area (Å²) in [5.41, 5.74) is 2.90. The van der Waals surface area contributed by atoms with Gasteiger partial charge < -0.3 is 5.32 Å². The van der Waals surface area contributed by atoms with Gasteiger partial charge in [0.15, 0.2) is 0 Å². The molecule has 4 heteroatoms. The van der Waals surface area contributed by atoms with Gasteiger partial charge in [0.05, 0.1) is 0 Å². The third kappa shape index (κ3) is 2.18. The average molecular weight is 259 g/mol. The molecule has 0 radical (unpaired) electrons. The highest BCUT2D eigenvalue weighted by Gasteiger charge is 2.29. The first-order valence-electron chi connectivity index (χ1n) is 6.49. The first-order chi connectivity index (χ1) is 8.88. The van der Waals surface area contributed by atoms with E-state index in [9.17, 15) is 0 Å². The number of hydrogen-bond donors (Lipinski definition) is 1. The van der Waals surface area contributed by atoms with E-state index >= 15 is 0 Å². The number of benzene rings is 1. The number of nitrogens with one attached hydrogen (secondary N) is 1. The largest absolute Gasteiger partial charge is 0.317 e. The maximum atomic E-state index is 4.36. The van der Waals surface area contributed by atoms with E-state index < -0.39 is 0 Å². The lowest BCUT2D eigenvalue weighted by atomic mass is 9.78. The van der Waals surface area contributed by atoms with E-state index in [1.165, 1.54) is 16.1 Å². The first-order valence-corrected chi connectivity index (χ1v) is 7.31. The molecule has 2 aromatic rings. The lowest BCUT2D eigenvalue weighted by molar-refractivity contribution is 0.686. The van der Waals surface area contributed by atoms with Crippen LogP contribution in [-0.4, -0.2) is 23.3 Å². The predicted molar refractivity (Wildman–Crippen MR) is 74.1 cm³/mol. The summed E-state index contributed by atoms with van der Waals surface area (Å²) < 4.78 is 0. The fraction of sp³-hybridized carbons (Fsp3) is 0.429. The van der Waals surface area contributed by atoms with Gasteiger partial charge in [-0.2, -0.15) is 0 Å². The van der Waals surface area contributed by atoms with E-state index in [0.717, 1.165) is 30.9 Å². The number of hydrogen-bond acceptors (Lipinski definition) is 4. The molecule has 0 spiro atoms. The summed E-state index contributed by atoms with van der Waals surface area (Å²) in [5, 5.41) is 14.3. The van der Waals surface area contributed by atoms with Gasteiger partial charge in [-0.25, -0.2) is 0 Å². The summed E-state index contributed by atoms with van der Waals surface area (Å²) in [6, 6.07) is 8.64. The molecule has 3 rings (SSSR count). The molecule has 1 atom stereocenters. The minimum absolute atomic E-state index is 0.492. The van der Waals surface area contributed by atoms with E-state index in [-0.39, 0.29) is 0 Å². The average Bonchev–Trinajstić information content (AvgIpc) is 2.80. The second-order valence-electron chi connectivity index (χ2n) is 4.59. The van der Waals surface area contributed by atoms with Crippen LogP contribution >= 0.6 is 11.3 Å². The van der Waals surface area contributed by atoms with Crippen molar-refractivity contribution in [1.29, 1.82) is 0 Å². The van der Waals surface area contributed by atoms with Crippen LogP contribution in [0.3, 0.4) is 0 Å². The second kappa shape index (κ2) is 5.16. The van der Waals surface area contributed by atoms with Gasteiger partial charge in [0.2, 0.25) is 0 Å². The Morgan fingerprint density at radius 1 is 1.33 bits per heavy atom. The van der Waals surface area contributed by atoms with Gasteiger partial charge >= 0.3 is 0 Å². The van der Waals surface area contributed by atoms with Gasteiger partial charge in [0.1, 0.15) is 10.0 Å². The van der Waals surface area contributed by atoms with E-state index in [2.05, 4.69) is 46.7 Å². The number of nitrogens with zero attached hydrogens (tertiary/aromatic N) is 2. The monoisotopic (exact) mass is 259 g/mol. The van der Waals surface area contributed by atoms with E-state index in [1.54, 1.807) is 11.3 Å². The van der Waals surface area contributed by atoms with Crippen molar-refractivity contribution in [1.82, 2.24) is 15.5 Å². The van der Waals surface area contributed by atoms with Gasteiger partial charge in [-0.3, -0.25) is 0 Å². The van der Waals surface area contributed by atoms with Crippen molar-refractivity contribution >= 4 is 11.3 Å². The zero-order valence-corrected chi connectivity index (χ0v) is 11.3. The molecule has 18 heavy (non-hydrogen) atoms. The molecule has 1 aliphatic carbocycles. The molecule has 1 aliphatic rings. The van der Waals surface area contributed by atoms with E-state index in [1.807, 2.05) is 0 Å². The van der Waals surface area contributed by atoms with Crippen molar-refractivity contribution in [2.24, 2.45) is 0 Å². The highest BCUT2D eigenvalue weighted by atomic mass is 32.1. The molecule has 1 heterocycles. The molecule has 1 aromatic carbocycles. The molecule has 0 bridgehead atoms. The summed E-state index contributed by atoms with van der Waals surface area (Å²) in [5.74, 6) is 0.492. The smallest absolute Gasteiger partial charge is 0.125 e. The molecule has 94 valence electrons. The van der Waals surface area contributed by atoms with Crippen molar-refractivity contribution < 1.29 is 0 Å². The number of aromatic nitrogens is 2. The molecule has 1 unspecified atom stereocenters. The molecule has 0 saturated heterocycles. The minimum Gasteiger partial charge on any atom is -0.317 e. The Labute approximate surface area is 111 Å². The highest BCUT2D eigenvalue weighted by molar-refractivity contribution is 7.11. The zero-order valence-electron chi connectivity index (χ0n) is 10.5. The molecular formula is C14H17N3S. The van der Waals surface area contributed by atoms with Crippen LogP contribution in [0.5, 0.6) is 0 Å². The summed E-state index contributed by atoms with van der Waals surface area (Å²) in [4.78, 5) is 0. The van der Waals surface area contributed by atoms with Crippen LogP contribution in [0.1, 0.15) is 34.0 Å². The Hall–Kier alpha value is -1.26. The number of rotatable bonds is 5. The van der Waals surface area contributed by atoms with Crippen molar-refractivity contribution in [3.63, 3.8) is 0 Å². The SMILES string of the molecule is CCNCCc1nnc(C2Cc3ccccc32)s1. The van der Waals surface area contributed by atoms with Gasteiger partial charge in [-0.1, -0.05) is 31.2 Å². The van der Waals surface area contributed by atoms with Crippen LogP contribution in [-0.2, 0) is 12.8 Å². The maximum Gasteiger partial charge on any atom is 0.125 e. The fourth-order valence-electron chi connectivity index (χ4n) is 2.36. The van der Waals surface area contributed by atoms with Crippen LogP contribution in [0.25, 0.3) is 0 Å².